The molecule has 4 aliphatic rings. The lowest BCUT2D eigenvalue weighted by Crippen LogP contribution is -2.75. The number of hydrogen-bond donors (Lipinski definition) is 2. The Labute approximate surface area is 166 Å². The molecule has 152 valence electrons. The molecule has 1 aromatic carbocycles. The summed E-state index contributed by atoms with van der Waals surface area (Å²) in [5.74, 6) is 1.47. The second-order valence-corrected chi connectivity index (χ2v) is 10.2. The van der Waals surface area contributed by atoms with Gasteiger partial charge in [-0.05, 0) is 56.2 Å². The van der Waals surface area contributed by atoms with Crippen LogP contribution in [-0.4, -0.2) is 52.7 Å². The van der Waals surface area contributed by atoms with Gasteiger partial charge in [-0.2, -0.15) is 0 Å². The van der Waals surface area contributed by atoms with Crippen LogP contribution in [0.4, 0.5) is 0 Å². The van der Waals surface area contributed by atoms with Crippen LogP contribution in [0.2, 0.25) is 0 Å². The summed E-state index contributed by atoms with van der Waals surface area (Å²) in [5.41, 5.74) is -0.475. The molecular weight excluding hydrogens is 354 g/mol. The van der Waals surface area contributed by atoms with E-state index in [1.54, 1.807) is 7.11 Å². The van der Waals surface area contributed by atoms with Crippen molar-refractivity contribution in [3.8, 4) is 11.5 Å². The number of phenolic OH excluding ortho intramolecular Hbond substituents is 1. The number of aliphatic hydroxyl groups is 1. The zero-order chi connectivity index (χ0) is 19.9. The quantitative estimate of drug-likeness (QED) is 0.837. The van der Waals surface area contributed by atoms with Crippen molar-refractivity contribution >= 4 is 5.78 Å². The maximum Gasteiger partial charge on any atom is 0.161 e. The van der Waals surface area contributed by atoms with E-state index in [0.717, 1.165) is 30.1 Å². The molecule has 1 heterocycles. The number of methoxy groups -OCH3 is 1. The van der Waals surface area contributed by atoms with E-state index in [4.69, 9.17) is 4.74 Å². The minimum absolute atomic E-state index is 0.00507. The topological polar surface area (TPSA) is 70.0 Å². The van der Waals surface area contributed by atoms with E-state index in [2.05, 4.69) is 4.90 Å². The SMILES string of the molecule is COc1ccc2c(c1O)[C@]13CCN(CC4CC4)[C@H](C2)[C@]1(O)CC(C)(C)C(=O)C3. The summed E-state index contributed by atoms with van der Waals surface area (Å²) in [6.07, 6.45) is 4.71. The molecule has 3 fully saturated rings. The predicted molar refractivity (Wildman–Crippen MR) is 106 cm³/mol. The van der Waals surface area contributed by atoms with E-state index in [1.807, 2.05) is 26.0 Å². The van der Waals surface area contributed by atoms with Crippen molar-refractivity contribution in [2.45, 2.75) is 69.4 Å². The van der Waals surface area contributed by atoms with Gasteiger partial charge in [0.05, 0.1) is 12.7 Å². The van der Waals surface area contributed by atoms with Crippen molar-refractivity contribution in [2.75, 3.05) is 20.2 Å². The second-order valence-electron chi connectivity index (χ2n) is 10.2. The Hall–Kier alpha value is -1.59. The molecule has 3 atom stereocenters. The van der Waals surface area contributed by atoms with Gasteiger partial charge >= 0.3 is 0 Å². The fourth-order valence-corrected chi connectivity index (χ4v) is 6.41. The van der Waals surface area contributed by atoms with Gasteiger partial charge in [-0.1, -0.05) is 19.9 Å². The van der Waals surface area contributed by atoms with Gasteiger partial charge in [0.1, 0.15) is 5.78 Å². The van der Waals surface area contributed by atoms with Gasteiger partial charge in [0, 0.05) is 35.4 Å². The van der Waals surface area contributed by atoms with Crippen LogP contribution in [0.5, 0.6) is 11.5 Å². The van der Waals surface area contributed by atoms with Crippen molar-refractivity contribution in [2.24, 2.45) is 11.3 Å². The summed E-state index contributed by atoms with van der Waals surface area (Å²) < 4.78 is 5.38. The van der Waals surface area contributed by atoms with Crippen LogP contribution in [0.15, 0.2) is 12.1 Å². The average Bonchev–Trinajstić information content (AvgIpc) is 3.42. The monoisotopic (exact) mass is 385 g/mol. The molecule has 1 saturated heterocycles. The van der Waals surface area contributed by atoms with Gasteiger partial charge in [-0.15, -0.1) is 0 Å². The van der Waals surface area contributed by atoms with Crippen molar-refractivity contribution < 1.29 is 19.7 Å². The molecule has 0 radical (unpaired) electrons. The molecule has 0 unspecified atom stereocenters. The normalized spacial score (nSPS) is 36.6. The number of ether oxygens (including phenoxy) is 1. The van der Waals surface area contributed by atoms with Crippen LogP contribution in [0.3, 0.4) is 0 Å². The zero-order valence-electron chi connectivity index (χ0n) is 17.1. The third kappa shape index (κ3) is 2.29. The Morgan fingerprint density at radius 2 is 2.04 bits per heavy atom. The Balaban J connectivity index is 1.70. The van der Waals surface area contributed by atoms with Gasteiger partial charge in [-0.25, -0.2) is 0 Å². The molecule has 1 aromatic rings. The maximum atomic E-state index is 13.1. The summed E-state index contributed by atoms with van der Waals surface area (Å²) in [5, 5.41) is 23.4. The number of phenols is 1. The highest BCUT2D eigenvalue weighted by molar-refractivity contribution is 5.88. The van der Waals surface area contributed by atoms with E-state index in [1.165, 1.54) is 12.8 Å². The second kappa shape index (κ2) is 5.73. The van der Waals surface area contributed by atoms with E-state index in [0.29, 0.717) is 25.0 Å². The van der Waals surface area contributed by atoms with Gasteiger partial charge in [0.2, 0.25) is 0 Å². The summed E-state index contributed by atoms with van der Waals surface area (Å²) in [7, 11) is 1.55. The predicted octanol–water partition coefficient (Wildman–Crippen LogP) is 2.80. The molecule has 5 nitrogen and oxygen atoms in total. The average molecular weight is 386 g/mol. The Bertz CT molecular complexity index is 845. The van der Waals surface area contributed by atoms with Crippen LogP contribution in [0.25, 0.3) is 0 Å². The first kappa shape index (κ1) is 18.4. The number of piperidine rings is 1. The lowest BCUT2D eigenvalue weighted by atomic mass is 9.45. The third-order valence-electron chi connectivity index (χ3n) is 8.10. The fourth-order valence-electron chi connectivity index (χ4n) is 6.41. The van der Waals surface area contributed by atoms with E-state index >= 15 is 0 Å². The molecule has 0 amide bonds. The molecule has 2 N–H and O–H groups in total. The van der Waals surface area contributed by atoms with Crippen LogP contribution in [0.1, 0.15) is 57.1 Å². The number of Topliss-reactive ketones (excluding diaryl/α,β-unsaturated/α-hetero) is 1. The van der Waals surface area contributed by atoms with E-state index in [9.17, 15) is 15.0 Å². The number of likely N-dealkylation sites (tertiary alicyclic amines) is 1. The molecule has 2 saturated carbocycles. The first-order chi connectivity index (χ1) is 13.2. The summed E-state index contributed by atoms with van der Waals surface area (Å²) in [6.45, 7) is 5.83. The smallest absolute Gasteiger partial charge is 0.161 e. The van der Waals surface area contributed by atoms with Crippen LogP contribution >= 0.6 is 0 Å². The molecule has 0 spiro atoms. The number of hydrogen-bond acceptors (Lipinski definition) is 5. The Kier molecular flexibility index (Phi) is 3.77. The Morgan fingerprint density at radius 3 is 2.71 bits per heavy atom. The molecule has 3 aliphatic carbocycles. The molecule has 1 aliphatic heterocycles. The highest BCUT2D eigenvalue weighted by Crippen LogP contribution is 2.63. The lowest BCUT2D eigenvalue weighted by molar-refractivity contribution is -0.191. The highest BCUT2D eigenvalue weighted by Gasteiger charge is 2.68. The fraction of sp³-hybridized carbons (Fsp3) is 0.696. The first-order valence-electron chi connectivity index (χ1n) is 10.6. The minimum Gasteiger partial charge on any atom is -0.504 e. The van der Waals surface area contributed by atoms with Gasteiger partial charge in [0.25, 0.3) is 0 Å². The number of ketones is 1. The number of carbonyl (C=O) groups is 1. The van der Waals surface area contributed by atoms with Crippen LogP contribution < -0.4 is 4.74 Å². The van der Waals surface area contributed by atoms with Crippen molar-refractivity contribution in [3.05, 3.63) is 23.3 Å². The molecule has 0 aromatic heterocycles. The van der Waals surface area contributed by atoms with Crippen molar-refractivity contribution in [1.82, 2.24) is 4.90 Å². The summed E-state index contributed by atoms with van der Waals surface area (Å²) in [4.78, 5) is 15.6. The number of rotatable bonds is 3. The van der Waals surface area contributed by atoms with E-state index < -0.39 is 16.4 Å². The number of benzene rings is 1. The molecule has 5 heteroatoms. The van der Waals surface area contributed by atoms with Crippen molar-refractivity contribution in [1.29, 1.82) is 0 Å². The summed E-state index contributed by atoms with van der Waals surface area (Å²) >= 11 is 0. The third-order valence-corrected chi connectivity index (χ3v) is 8.10. The minimum atomic E-state index is -1.02. The molecular formula is C23H31NO4. The highest BCUT2D eigenvalue weighted by atomic mass is 16.5. The van der Waals surface area contributed by atoms with Crippen LogP contribution in [0, 0.1) is 11.3 Å². The van der Waals surface area contributed by atoms with Crippen molar-refractivity contribution in [3.63, 3.8) is 0 Å². The summed E-state index contributed by atoms with van der Waals surface area (Å²) in [6, 6.07) is 3.83. The Morgan fingerprint density at radius 1 is 1.29 bits per heavy atom. The van der Waals surface area contributed by atoms with Gasteiger partial charge < -0.3 is 14.9 Å². The lowest BCUT2D eigenvalue weighted by Gasteiger charge is -2.65. The van der Waals surface area contributed by atoms with E-state index in [-0.39, 0.29) is 24.0 Å². The molecule has 28 heavy (non-hydrogen) atoms. The maximum absolute atomic E-state index is 13.1. The number of fused-ring (bicyclic) bond motifs is 1. The number of nitrogens with zero attached hydrogens (tertiary/aromatic N) is 1. The molecule has 5 rings (SSSR count). The number of aromatic hydroxyl groups is 1. The van der Waals surface area contributed by atoms with Gasteiger partial charge in [0.15, 0.2) is 11.5 Å². The first-order valence-corrected chi connectivity index (χ1v) is 10.6. The zero-order valence-corrected chi connectivity index (χ0v) is 17.1. The largest absolute Gasteiger partial charge is 0.504 e. The van der Waals surface area contributed by atoms with Gasteiger partial charge in [-0.3, -0.25) is 9.69 Å². The standard InChI is InChI=1S/C23H31NO4/c1-21(2)13-23(27)17-10-15-6-7-16(28-3)20(26)19(15)22(23,11-18(21)25)8-9-24(17)12-14-4-5-14/h6-7,14,17,26-27H,4-5,8-13H2,1-3H3/t17-,22-,23-/m1/s1. The number of carbonyl (C=O) groups excluding carboxylic acids is 1. The molecule has 2 bridgehead atoms. The van der Waals surface area contributed by atoms with Crippen LogP contribution in [-0.2, 0) is 16.6 Å².